The van der Waals surface area contributed by atoms with Gasteiger partial charge < -0.3 is 11.1 Å². The van der Waals surface area contributed by atoms with E-state index in [0.717, 1.165) is 15.6 Å². The van der Waals surface area contributed by atoms with Crippen LogP contribution in [0.1, 0.15) is 18.1 Å². The molecule has 0 saturated carbocycles. The first-order chi connectivity index (χ1) is 7.00. The van der Waals surface area contributed by atoms with Crippen LogP contribution in [-0.2, 0) is 11.3 Å². The largest absolute Gasteiger partial charge is 0.351 e. The van der Waals surface area contributed by atoms with Crippen molar-refractivity contribution < 1.29 is 4.79 Å². The summed E-state index contributed by atoms with van der Waals surface area (Å²) in [5.41, 5.74) is 7.69. The molecule has 3 N–H and O–H groups in total. The summed E-state index contributed by atoms with van der Waals surface area (Å²) in [6.45, 7) is 4.21. The minimum atomic E-state index is -0.458. The van der Waals surface area contributed by atoms with Gasteiger partial charge in [0.05, 0.1) is 6.04 Å². The number of halogens is 2. The topological polar surface area (TPSA) is 55.1 Å². The van der Waals surface area contributed by atoms with E-state index in [1.165, 1.54) is 0 Å². The number of hydrogen-bond acceptors (Lipinski definition) is 2. The van der Waals surface area contributed by atoms with Gasteiger partial charge in [-0.05, 0) is 37.1 Å². The first kappa shape index (κ1) is 15.4. The van der Waals surface area contributed by atoms with Crippen molar-refractivity contribution in [3.05, 3.63) is 33.8 Å². The molecule has 5 heteroatoms. The minimum Gasteiger partial charge on any atom is -0.351 e. The second-order valence-electron chi connectivity index (χ2n) is 3.58. The predicted molar refractivity (Wildman–Crippen MR) is 71.6 cm³/mol. The number of hydrogen-bond donors (Lipinski definition) is 2. The zero-order valence-electron chi connectivity index (χ0n) is 9.29. The summed E-state index contributed by atoms with van der Waals surface area (Å²) in [6.07, 6.45) is 0. The molecule has 1 aromatic carbocycles. The van der Waals surface area contributed by atoms with Gasteiger partial charge in [0.15, 0.2) is 0 Å². The number of amides is 1. The van der Waals surface area contributed by atoms with E-state index in [2.05, 4.69) is 21.2 Å². The van der Waals surface area contributed by atoms with E-state index in [0.29, 0.717) is 6.54 Å². The molecule has 0 aliphatic heterocycles. The molecule has 0 radical (unpaired) electrons. The SMILES string of the molecule is Cc1cc(Br)ccc1CNC(=O)[C@H](C)N.Cl. The Morgan fingerprint density at radius 2 is 2.19 bits per heavy atom. The van der Waals surface area contributed by atoms with E-state index >= 15 is 0 Å². The van der Waals surface area contributed by atoms with Gasteiger partial charge in [0.2, 0.25) is 5.91 Å². The number of rotatable bonds is 3. The molecule has 1 rings (SSSR count). The Hall–Kier alpha value is -0.580. The van der Waals surface area contributed by atoms with Crippen LogP contribution in [0.15, 0.2) is 22.7 Å². The zero-order chi connectivity index (χ0) is 11.4. The summed E-state index contributed by atoms with van der Waals surface area (Å²) < 4.78 is 1.04. The van der Waals surface area contributed by atoms with Gasteiger partial charge in [-0.1, -0.05) is 22.0 Å². The third-order valence-electron chi connectivity index (χ3n) is 2.17. The van der Waals surface area contributed by atoms with Crippen molar-refractivity contribution in [1.82, 2.24) is 5.32 Å². The molecule has 0 bridgehead atoms. The number of carbonyl (C=O) groups is 1. The molecular weight excluding hydrogens is 291 g/mol. The van der Waals surface area contributed by atoms with Crippen LogP contribution in [0.3, 0.4) is 0 Å². The molecule has 0 fully saturated rings. The molecule has 0 aliphatic carbocycles. The molecule has 90 valence electrons. The lowest BCUT2D eigenvalue weighted by molar-refractivity contribution is -0.122. The van der Waals surface area contributed by atoms with E-state index in [1.54, 1.807) is 6.92 Å². The maximum atomic E-state index is 11.2. The van der Waals surface area contributed by atoms with Crippen molar-refractivity contribution in [2.24, 2.45) is 5.73 Å². The Kier molecular flexibility index (Phi) is 6.64. The number of nitrogens with one attached hydrogen (secondary N) is 1. The molecule has 1 amide bonds. The molecule has 0 saturated heterocycles. The lowest BCUT2D eigenvalue weighted by Crippen LogP contribution is -2.37. The fourth-order valence-electron chi connectivity index (χ4n) is 1.20. The van der Waals surface area contributed by atoms with Crippen LogP contribution in [0.25, 0.3) is 0 Å². The van der Waals surface area contributed by atoms with E-state index < -0.39 is 6.04 Å². The first-order valence-corrected chi connectivity index (χ1v) is 5.58. The summed E-state index contributed by atoms with van der Waals surface area (Å²) in [7, 11) is 0. The van der Waals surface area contributed by atoms with Gasteiger partial charge in [-0.2, -0.15) is 0 Å². The van der Waals surface area contributed by atoms with E-state index in [9.17, 15) is 4.79 Å². The predicted octanol–water partition coefficient (Wildman–Crippen LogP) is 2.14. The van der Waals surface area contributed by atoms with Crippen LogP contribution in [-0.4, -0.2) is 11.9 Å². The summed E-state index contributed by atoms with van der Waals surface area (Å²) >= 11 is 3.39. The van der Waals surface area contributed by atoms with E-state index in [4.69, 9.17) is 5.73 Å². The van der Waals surface area contributed by atoms with E-state index in [1.807, 2.05) is 25.1 Å². The van der Waals surface area contributed by atoms with Crippen molar-refractivity contribution in [3.8, 4) is 0 Å². The van der Waals surface area contributed by atoms with Gasteiger partial charge in [0.25, 0.3) is 0 Å². The average Bonchev–Trinajstić information content (AvgIpc) is 2.15. The molecule has 0 spiro atoms. The van der Waals surface area contributed by atoms with Gasteiger partial charge in [-0.3, -0.25) is 4.79 Å². The highest BCUT2D eigenvalue weighted by molar-refractivity contribution is 9.10. The number of benzene rings is 1. The van der Waals surface area contributed by atoms with Crippen LogP contribution in [0.2, 0.25) is 0 Å². The minimum absolute atomic E-state index is 0. The lowest BCUT2D eigenvalue weighted by atomic mass is 10.1. The van der Waals surface area contributed by atoms with Crippen molar-refractivity contribution in [2.75, 3.05) is 0 Å². The van der Waals surface area contributed by atoms with Crippen molar-refractivity contribution >= 4 is 34.2 Å². The maximum Gasteiger partial charge on any atom is 0.236 e. The lowest BCUT2D eigenvalue weighted by Gasteiger charge is -2.10. The second kappa shape index (κ2) is 6.89. The van der Waals surface area contributed by atoms with Gasteiger partial charge in [-0.25, -0.2) is 0 Å². The molecule has 0 heterocycles. The summed E-state index contributed by atoms with van der Waals surface area (Å²) in [6, 6.07) is 5.51. The van der Waals surface area contributed by atoms with Gasteiger partial charge >= 0.3 is 0 Å². The molecule has 16 heavy (non-hydrogen) atoms. The molecule has 1 aromatic rings. The third-order valence-corrected chi connectivity index (χ3v) is 2.66. The molecule has 0 aromatic heterocycles. The standard InChI is InChI=1S/C11H15BrN2O.ClH/c1-7-5-10(12)4-3-9(7)6-14-11(15)8(2)13;/h3-5,8H,6,13H2,1-2H3,(H,14,15);1H/t8-;/m0./s1. The fraction of sp³-hybridized carbons (Fsp3) is 0.364. The number of carbonyl (C=O) groups excluding carboxylic acids is 1. The van der Waals surface area contributed by atoms with Crippen LogP contribution >= 0.6 is 28.3 Å². The van der Waals surface area contributed by atoms with Gasteiger partial charge in [0.1, 0.15) is 0 Å². The summed E-state index contributed by atoms with van der Waals surface area (Å²) in [5.74, 6) is -0.127. The van der Waals surface area contributed by atoms with Crippen LogP contribution in [0.5, 0.6) is 0 Å². The molecule has 3 nitrogen and oxygen atoms in total. The molecular formula is C11H16BrClN2O. The highest BCUT2D eigenvalue weighted by Crippen LogP contribution is 2.15. The second-order valence-corrected chi connectivity index (χ2v) is 4.49. The Bertz CT molecular complexity index is 369. The zero-order valence-corrected chi connectivity index (χ0v) is 11.7. The van der Waals surface area contributed by atoms with Crippen LogP contribution < -0.4 is 11.1 Å². The first-order valence-electron chi connectivity index (χ1n) is 4.79. The normalized spacial score (nSPS) is 11.5. The third kappa shape index (κ3) is 4.51. The Labute approximate surface area is 110 Å². The van der Waals surface area contributed by atoms with Crippen molar-refractivity contribution in [2.45, 2.75) is 26.4 Å². The van der Waals surface area contributed by atoms with Gasteiger partial charge in [-0.15, -0.1) is 12.4 Å². The van der Waals surface area contributed by atoms with Crippen molar-refractivity contribution in [1.29, 1.82) is 0 Å². The maximum absolute atomic E-state index is 11.2. The van der Waals surface area contributed by atoms with Crippen molar-refractivity contribution in [3.63, 3.8) is 0 Å². The average molecular weight is 308 g/mol. The highest BCUT2D eigenvalue weighted by Gasteiger charge is 2.07. The van der Waals surface area contributed by atoms with Crippen LogP contribution in [0, 0.1) is 6.92 Å². The molecule has 0 aliphatic rings. The summed E-state index contributed by atoms with van der Waals surface area (Å²) in [4.78, 5) is 11.2. The van der Waals surface area contributed by atoms with Crippen LogP contribution in [0.4, 0.5) is 0 Å². The monoisotopic (exact) mass is 306 g/mol. The Morgan fingerprint density at radius 1 is 1.56 bits per heavy atom. The fourth-order valence-corrected chi connectivity index (χ4v) is 1.68. The smallest absolute Gasteiger partial charge is 0.236 e. The Balaban J connectivity index is 0.00000225. The quantitative estimate of drug-likeness (QED) is 0.899. The van der Waals surface area contributed by atoms with Gasteiger partial charge in [0, 0.05) is 11.0 Å². The number of aryl methyl sites for hydroxylation is 1. The Morgan fingerprint density at radius 3 is 2.69 bits per heavy atom. The van der Waals surface area contributed by atoms with E-state index in [-0.39, 0.29) is 18.3 Å². The molecule has 0 unspecified atom stereocenters. The highest BCUT2D eigenvalue weighted by atomic mass is 79.9. The molecule has 1 atom stereocenters. The summed E-state index contributed by atoms with van der Waals surface area (Å²) in [5, 5.41) is 2.78. The number of nitrogens with two attached hydrogens (primary N) is 1.